The monoisotopic (exact) mass is 304 g/mol. The van der Waals surface area contributed by atoms with Crippen LogP contribution < -0.4 is 16.0 Å². The van der Waals surface area contributed by atoms with Crippen molar-refractivity contribution in [3.8, 4) is 0 Å². The molecule has 1 heterocycles. The van der Waals surface area contributed by atoms with Crippen molar-refractivity contribution in [2.45, 2.75) is 25.3 Å². The van der Waals surface area contributed by atoms with E-state index in [9.17, 15) is 9.59 Å². The number of carbonyl (C=O) groups is 2. The van der Waals surface area contributed by atoms with Crippen LogP contribution in [0.5, 0.6) is 0 Å². The van der Waals surface area contributed by atoms with Crippen LogP contribution in [-0.2, 0) is 4.79 Å². The highest BCUT2D eigenvalue weighted by molar-refractivity contribution is 5.89. The average Bonchev–Trinajstić information content (AvgIpc) is 2.54. The smallest absolute Gasteiger partial charge is 0.321 e. The van der Waals surface area contributed by atoms with Gasteiger partial charge in [0, 0.05) is 37.8 Å². The summed E-state index contributed by atoms with van der Waals surface area (Å²) in [6, 6.07) is 9.53. The molecule has 0 saturated carbocycles. The summed E-state index contributed by atoms with van der Waals surface area (Å²) in [6.07, 6.45) is 2.09. The van der Waals surface area contributed by atoms with E-state index in [0.29, 0.717) is 26.1 Å². The first-order valence-corrected chi connectivity index (χ1v) is 7.74. The van der Waals surface area contributed by atoms with Gasteiger partial charge in [-0.1, -0.05) is 18.2 Å². The number of urea groups is 1. The van der Waals surface area contributed by atoms with E-state index < -0.39 is 0 Å². The lowest BCUT2D eigenvalue weighted by Gasteiger charge is -2.32. The Morgan fingerprint density at radius 1 is 1.18 bits per heavy atom. The predicted molar refractivity (Wildman–Crippen MR) is 86.7 cm³/mol. The van der Waals surface area contributed by atoms with Crippen LogP contribution in [0, 0.1) is 0 Å². The molecule has 0 bridgehead atoms. The van der Waals surface area contributed by atoms with Crippen molar-refractivity contribution in [1.29, 1.82) is 0 Å². The SMILES string of the molecule is CNCCC(=O)NC1CCN(C(=O)Nc2ccccc2)CC1. The minimum absolute atomic E-state index is 0.0709. The van der Waals surface area contributed by atoms with Crippen LogP contribution in [-0.4, -0.2) is 49.6 Å². The second-order valence-electron chi connectivity index (χ2n) is 5.48. The van der Waals surface area contributed by atoms with Gasteiger partial charge in [-0.2, -0.15) is 0 Å². The van der Waals surface area contributed by atoms with Gasteiger partial charge in [0.1, 0.15) is 0 Å². The molecular formula is C16H24N4O2. The molecule has 6 heteroatoms. The van der Waals surface area contributed by atoms with E-state index >= 15 is 0 Å². The third-order valence-electron chi connectivity index (χ3n) is 3.77. The summed E-state index contributed by atoms with van der Waals surface area (Å²) < 4.78 is 0. The maximum Gasteiger partial charge on any atom is 0.321 e. The maximum absolute atomic E-state index is 12.2. The molecule has 3 N–H and O–H groups in total. The van der Waals surface area contributed by atoms with E-state index in [1.54, 1.807) is 4.90 Å². The van der Waals surface area contributed by atoms with E-state index in [0.717, 1.165) is 18.5 Å². The molecule has 0 aliphatic carbocycles. The average molecular weight is 304 g/mol. The zero-order valence-electron chi connectivity index (χ0n) is 13.0. The number of nitrogens with one attached hydrogen (secondary N) is 3. The van der Waals surface area contributed by atoms with E-state index in [4.69, 9.17) is 0 Å². The third-order valence-corrected chi connectivity index (χ3v) is 3.77. The highest BCUT2D eigenvalue weighted by Gasteiger charge is 2.23. The van der Waals surface area contributed by atoms with Gasteiger partial charge in [0.15, 0.2) is 0 Å². The molecule has 0 radical (unpaired) electrons. The van der Waals surface area contributed by atoms with E-state index in [1.807, 2.05) is 37.4 Å². The Hall–Kier alpha value is -2.08. The first-order chi connectivity index (χ1) is 10.7. The molecule has 1 aliphatic rings. The number of para-hydroxylation sites is 1. The van der Waals surface area contributed by atoms with Gasteiger partial charge in [0.2, 0.25) is 5.91 Å². The summed E-state index contributed by atoms with van der Waals surface area (Å²) in [6.45, 7) is 2.01. The molecule has 120 valence electrons. The van der Waals surface area contributed by atoms with Crippen LogP contribution in [0.3, 0.4) is 0 Å². The molecule has 1 aromatic rings. The molecule has 2 rings (SSSR count). The molecule has 6 nitrogen and oxygen atoms in total. The fraction of sp³-hybridized carbons (Fsp3) is 0.500. The minimum Gasteiger partial charge on any atom is -0.353 e. The molecule has 0 aromatic heterocycles. The van der Waals surface area contributed by atoms with E-state index in [2.05, 4.69) is 16.0 Å². The molecule has 1 fully saturated rings. The highest BCUT2D eigenvalue weighted by Crippen LogP contribution is 2.13. The lowest BCUT2D eigenvalue weighted by Crippen LogP contribution is -2.48. The molecule has 0 unspecified atom stereocenters. The van der Waals surface area contributed by atoms with Crippen molar-refractivity contribution in [2.75, 3.05) is 32.0 Å². The van der Waals surface area contributed by atoms with Crippen molar-refractivity contribution in [3.63, 3.8) is 0 Å². The number of piperidine rings is 1. The highest BCUT2D eigenvalue weighted by atomic mass is 16.2. The van der Waals surface area contributed by atoms with Crippen LogP contribution in [0.4, 0.5) is 10.5 Å². The van der Waals surface area contributed by atoms with Gasteiger partial charge in [-0.25, -0.2) is 4.79 Å². The Morgan fingerprint density at radius 2 is 1.86 bits per heavy atom. The molecule has 1 aromatic carbocycles. The summed E-state index contributed by atoms with van der Waals surface area (Å²) in [4.78, 5) is 25.6. The lowest BCUT2D eigenvalue weighted by molar-refractivity contribution is -0.121. The Balaban J connectivity index is 1.72. The predicted octanol–water partition coefficient (Wildman–Crippen LogP) is 1.41. The molecule has 1 aliphatic heterocycles. The number of hydrogen-bond acceptors (Lipinski definition) is 3. The third kappa shape index (κ3) is 5.04. The van der Waals surface area contributed by atoms with Crippen LogP contribution in [0.1, 0.15) is 19.3 Å². The fourth-order valence-corrected chi connectivity index (χ4v) is 2.49. The van der Waals surface area contributed by atoms with Crippen molar-refractivity contribution >= 4 is 17.6 Å². The van der Waals surface area contributed by atoms with Crippen LogP contribution in [0.2, 0.25) is 0 Å². The minimum atomic E-state index is -0.0776. The zero-order valence-corrected chi connectivity index (χ0v) is 13.0. The Labute approximate surface area is 131 Å². The fourth-order valence-electron chi connectivity index (χ4n) is 2.49. The Kier molecular flexibility index (Phi) is 6.21. The van der Waals surface area contributed by atoms with E-state index in [1.165, 1.54) is 0 Å². The number of anilines is 1. The number of rotatable bonds is 5. The number of likely N-dealkylation sites (tertiary alicyclic amines) is 1. The van der Waals surface area contributed by atoms with Gasteiger partial charge < -0.3 is 20.9 Å². The Bertz CT molecular complexity index is 484. The van der Waals surface area contributed by atoms with Crippen LogP contribution in [0.15, 0.2) is 30.3 Å². The first-order valence-electron chi connectivity index (χ1n) is 7.74. The quantitative estimate of drug-likeness (QED) is 0.770. The van der Waals surface area contributed by atoms with E-state index in [-0.39, 0.29) is 18.0 Å². The second-order valence-corrected chi connectivity index (χ2v) is 5.48. The zero-order chi connectivity index (χ0) is 15.8. The summed E-state index contributed by atoms with van der Waals surface area (Å²) in [5, 5.41) is 8.87. The lowest BCUT2D eigenvalue weighted by atomic mass is 10.1. The van der Waals surface area contributed by atoms with Gasteiger partial charge in [-0.3, -0.25) is 4.79 Å². The molecule has 0 spiro atoms. The molecular weight excluding hydrogens is 280 g/mol. The number of amides is 3. The number of hydrogen-bond donors (Lipinski definition) is 3. The number of nitrogens with zero attached hydrogens (tertiary/aromatic N) is 1. The molecule has 3 amide bonds. The number of benzene rings is 1. The van der Waals surface area contributed by atoms with Gasteiger partial charge in [0.25, 0.3) is 0 Å². The second kappa shape index (κ2) is 8.38. The summed E-state index contributed by atoms with van der Waals surface area (Å²) in [5.74, 6) is 0.0709. The van der Waals surface area contributed by atoms with Crippen LogP contribution in [0.25, 0.3) is 0 Å². The standard InChI is InChI=1S/C16H24N4O2/c1-17-10-7-15(21)18-14-8-11-20(12-9-14)16(22)19-13-5-3-2-4-6-13/h2-6,14,17H,7-12H2,1H3,(H,18,21)(H,19,22). The van der Waals surface area contributed by atoms with Gasteiger partial charge in [-0.05, 0) is 32.0 Å². The Morgan fingerprint density at radius 3 is 2.50 bits per heavy atom. The van der Waals surface area contributed by atoms with Crippen molar-refractivity contribution < 1.29 is 9.59 Å². The topological polar surface area (TPSA) is 73.5 Å². The van der Waals surface area contributed by atoms with Gasteiger partial charge in [0.05, 0.1) is 0 Å². The largest absolute Gasteiger partial charge is 0.353 e. The van der Waals surface area contributed by atoms with Crippen molar-refractivity contribution in [3.05, 3.63) is 30.3 Å². The summed E-state index contributed by atoms with van der Waals surface area (Å²) in [5.41, 5.74) is 0.801. The summed E-state index contributed by atoms with van der Waals surface area (Å²) >= 11 is 0. The maximum atomic E-state index is 12.2. The van der Waals surface area contributed by atoms with Gasteiger partial charge in [-0.15, -0.1) is 0 Å². The molecule has 22 heavy (non-hydrogen) atoms. The summed E-state index contributed by atoms with van der Waals surface area (Å²) in [7, 11) is 1.83. The first kappa shape index (κ1) is 16.3. The van der Waals surface area contributed by atoms with Crippen molar-refractivity contribution in [2.24, 2.45) is 0 Å². The normalized spacial score (nSPS) is 15.4. The van der Waals surface area contributed by atoms with Crippen molar-refractivity contribution in [1.82, 2.24) is 15.5 Å². The van der Waals surface area contributed by atoms with Gasteiger partial charge >= 0.3 is 6.03 Å². The number of carbonyl (C=O) groups excluding carboxylic acids is 2. The van der Waals surface area contributed by atoms with Crippen LogP contribution >= 0.6 is 0 Å². The molecule has 0 atom stereocenters. The molecule has 1 saturated heterocycles.